The molecule has 1 aromatic heterocycles. The van der Waals surface area contributed by atoms with Crippen LogP contribution in [0.25, 0.3) is 5.69 Å². The van der Waals surface area contributed by atoms with Gasteiger partial charge in [0.2, 0.25) is 12.5 Å². The third kappa shape index (κ3) is 2.87. The van der Waals surface area contributed by atoms with Gasteiger partial charge in [0.25, 0.3) is 5.56 Å². The van der Waals surface area contributed by atoms with E-state index >= 15 is 0 Å². The molecule has 27 heavy (non-hydrogen) atoms. The monoisotopic (exact) mass is 365 g/mol. The van der Waals surface area contributed by atoms with E-state index < -0.39 is 0 Å². The summed E-state index contributed by atoms with van der Waals surface area (Å²) < 4.78 is 19.6. The highest BCUT2D eigenvalue weighted by Gasteiger charge is 2.20. The van der Waals surface area contributed by atoms with E-state index in [1.54, 1.807) is 28.8 Å². The summed E-state index contributed by atoms with van der Waals surface area (Å²) in [4.78, 5) is 17.4. The van der Waals surface area contributed by atoms with E-state index in [0.29, 0.717) is 22.9 Å². The predicted molar refractivity (Wildman–Crippen MR) is 102 cm³/mol. The summed E-state index contributed by atoms with van der Waals surface area (Å²) in [5.74, 6) is 1.75. The van der Waals surface area contributed by atoms with Gasteiger partial charge in [0, 0.05) is 18.8 Å². The van der Waals surface area contributed by atoms with Crippen molar-refractivity contribution < 1.29 is 14.2 Å². The fraction of sp³-hybridized carbons (Fsp3) is 0.200. The molecule has 0 fully saturated rings. The lowest BCUT2D eigenvalue weighted by atomic mass is 10.2. The number of benzene rings is 2. The Balaban J connectivity index is 1.75. The number of hydrogen-bond acceptors (Lipinski definition) is 5. The number of rotatable bonds is 4. The molecule has 4 rings (SSSR count). The number of nitrogens with zero attached hydrogens (tertiary/aromatic N) is 3. The van der Waals surface area contributed by atoms with Crippen molar-refractivity contribution in [1.82, 2.24) is 9.36 Å². The zero-order chi connectivity index (χ0) is 19.0. The van der Waals surface area contributed by atoms with Crippen molar-refractivity contribution in [1.29, 1.82) is 0 Å². The normalized spacial score (nSPS) is 12.7. The minimum absolute atomic E-state index is 0.159. The third-order valence-electron chi connectivity index (χ3n) is 4.55. The zero-order valence-electron chi connectivity index (χ0n) is 15.3. The van der Waals surface area contributed by atoms with E-state index in [4.69, 9.17) is 14.2 Å². The summed E-state index contributed by atoms with van der Waals surface area (Å²) >= 11 is 0. The fourth-order valence-electron chi connectivity index (χ4n) is 3.07. The Bertz CT molecular complexity index is 1080. The Morgan fingerprint density at radius 1 is 1.19 bits per heavy atom. The van der Waals surface area contributed by atoms with Gasteiger partial charge < -0.3 is 14.2 Å². The molecule has 0 saturated carbocycles. The molecular formula is C20H19N3O4. The van der Waals surface area contributed by atoms with Crippen molar-refractivity contribution in [2.45, 2.75) is 6.92 Å². The SMILES string of the molecule is COc1cc(C=Nc2c(C)n(C)n(-c3ccccc3)c2=O)cc2c1OCO2. The summed E-state index contributed by atoms with van der Waals surface area (Å²) in [5, 5.41) is 0. The van der Waals surface area contributed by atoms with Crippen molar-refractivity contribution in [3.63, 3.8) is 0 Å². The van der Waals surface area contributed by atoms with Crippen molar-refractivity contribution in [3.8, 4) is 22.9 Å². The summed E-state index contributed by atoms with van der Waals surface area (Å²) in [5.41, 5.74) is 2.53. The molecule has 0 saturated heterocycles. The van der Waals surface area contributed by atoms with E-state index in [0.717, 1.165) is 16.9 Å². The van der Waals surface area contributed by atoms with Crippen LogP contribution in [0.1, 0.15) is 11.3 Å². The maximum Gasteiger partial charge on any atom is 0.297 e. The van der Waals surface area contributed by atoms with Gasteiger partial charge in [-0.3, -0.25) is 9.48 Å². The van der Waals surface area contributed by atoms with E-state index in [9.17, 15) is 4.79 Å². The molecule has 0 radical (unpaired) electrons. The Morgan fingerprint density at radius 3 is 2.70 bits per heavy atom. The molecule has 0 atom stereocenters. The van der Waals surface area contributed by atoms with Crippen LogP contribution < -0.4 is 19.8 Å². The largest absolute Gasteiger partial charge is 0.493 e. The molecule has 2 heterocycles. The number of fused-ring (bicyclic) bond motifs is 1. The van der Waals surface area contributed by atoms with Crippen molar-refractivity contribution in [2.75, 3.05) is 13.9 Å². The molecule has 1 aliphatic rings. The average molecular weight is 365 g/mol. The van der Waals surface area contributed by atoms with Crippen LogP contribution in [0.5, 0.6) is 17.2 Å². The van der Waals surface area contributed by atoms with Gasteiger partial charge in [0.1, 0.15) is 0 Å². The molecular weight excluding hydrogens is 346 g/mol. The van der Waals surface area contributed by atoms with Crippen LogP contribution in [0.3, 0.4) is 0 Å². The van der Waals surface area contributed by atoms with Crippen molar-refractivity contribution in [2.24, 2.45) is 12.0 Å². The number of hydrogen-bond donors (Lipinski definition) is 0. The molecule has 0 N–H and O–H groups in total. The lowest BCUT2D eigenvalue weighted by Crippen LogP contribution is -2.19. The lowest BCUT2D eigenvalue weighted by Gasteiger charge is -2.07. The maximum atomic E-state index is 12.9. The topological polar surface area (TPSA) is 67.0 Å². The van der Waals surface area contributed by atoms with Gasteiger partial charge in [-0.25, -0.2) is 9.67 Å². The van der Waals surface area contributed by atoms with E-state index in [-0.39, 0.29) is 12.4 Å². The lowest BCUT2D eigenvalue weighted by molar-refractivity contribution is 0.171. The molecule has 0 aliphatic carbocycles. The first kappa shape index (κ1) is 17.0. The molecule has 0 amide bonds. The summed E-state index contributed by atoms with van der Waals surface area (Å²) in [6.45, 7) is 2.03. The quantitative estimate of drug-likeness (QED) is 0.667. The Labute approximate surface area is 156 Å². The van der Waals surface area contributed by atoms with Crippen molar-refractivity contribution >= 4 is 11.9 Å². The molecule has 7 nitrogen and oxygen atoms in total. The molecule has 2 aromatic carbocycles. The van der Waals surface area contributed by atoms with Gasteiger partial charge in [-0.15, -0.1) is 0 Å². The second kappa shape index (κ2) is 6.68. The number of aliphatic imine (C=N–C) groups is 1. The van der Waals surface area contributed by atoms with Crippen LogP contribution in [-0.4, -0.2) is 29.5 Å². The summed E-state index contributed by atoms with van der Waals surface area (Å²) in [6.07, 6.45) is 1.63. The number of ether oxygens (including phenoxy) is 3. The maximum absolute atomic E-state index is 12.9. The molecule has 7 heteroatoms. The van der Waals surface area contributed by atoms with Crippen LogP contribution in [-0.2, 0) is 7.05 Å². The van der Waals surface area contributed by atoms with Crippen LogP contribution >= 0.6 is 0 Å². The van der Waals surface area contributed by atoms with Gasteiger partial charge in [0.05, 0.1) is 18.5 Å². The van der Waals surface area contributed by atoms with E-state index in [1.165, 1.54) is 0 Å². The Kier molecular flexibility index (Phi) is 4.19. The predicted octanol–water partition coefficient (Wildman–Crippen LogP) is 2.97. The van der Waals surface area contributed by atoms with E-state index in [1.807, 2.05) is 50.4 Å². The molecule has 0 spiro atoms. The van der Waals surface area contributed by atoms with Crippen LogP contribution in [0, 0.1) is 6.92 Å². The Hall–Kier alpha value is -3.48. The van der Waals surface area contributed by atoms with Crippen LogP contribution in [0.15, 0.2) is 52.3 Å². The first-order valence-corrected chi connectivity index (χ1v) is 8.46. The highest BCUT2D eigenvalue weighted by molar-refractivity contribution is 5.84. The minimum atomic E-state index is -0.176. The summed E-state index contributed by atoms with van der Waals surface area (Å²) in [6, 6.07) is 13.1. The zero-order valence-corrected chi connectivity index (χ0v) is 15.3. The third-order valence-corrected chi connectivity index (χ3v) is 4.55. The minimum Gasteiger partial charge on any atom is -0.493 e. The van der Waals surface area contributed by atoms with Gasteiger partial charge >= 0.3 is 0 Å². The second-order valence-corrected chi connectivity index (χ2v) is 6.13. The Morgan fingerprint density at radius 2 is 1.96 bits per heavy atom. The van der Waals surface area contributed by atoms with Gasteiger partial charge in [-0.05, 0) is 31.2 Å². The second-order valence-electron chi connectivity index (χ2n) is 6.13. The van der Waals surface area contributed by atoms with Gasteiger partial charge in [-0.1, -0.05) is 18.2 Å². The highest BCUT2D eigenvalue weighted by Crippen LogP contribution is 2.41. The average Bonchev–Trinajstić information content (AvgIpc) is 3.24. The molecule has 0 unspecified atom stereocenters. The van der Waals surface area contributed by atoms with Crippen molar-refractivity contribution in [3.05, 3.63) is 64.1 Å². The summed E-state index contributed by atoms with van der Waals surface area (Å²) in [7, 11) is 3.41. The van der Waals surface area contributed by atoms with Crippen LogP contribution in [0.4, 0.5) is 5.69 Å². The molecule has 3 aromatic rings. The number of methoxy groups -OCH3 is 1. The van der Waals surface area contributed by atoms with Gasteiger partial charge in [-0.2, -0.15) is 0 Å². The van der Waals surface area contributed by atoms with Crippen LogP contribution in [0.2, 0.25) is 0 Å². The van der Waals surface area contributed by atoms with Gasteiger partial charge in [0.15, 0.2) is 17.2 Å². The number of para-hydroxylation sites is 1. The highest BCUT2D eigenvalue weighted by atomic mass is 16.7. The smallest absolute Gasteiger partial charge is 0.297 e. The first-order chi connectivity index (χ1) is 13.1. The fourth-order valence-corrected chi connectivity index (χ4v) is 3.07. The van der Waals surface area contributed by atoms with E-state index in [2.05, 4.69) is 4.99 Å². The molecule has 0 bridgehead atoms. The molecule has 138 valence electrons. The standard InChI is InChI=1S/C20H19N3O4/c1-13-18(20(24)23(22(13)2)15-7-5-4-6-8-15)21-11-14-9-16(25-3)19-17(10-14)26-12-27-19/h4-11H,12H2,1-3H3. The number of aromatic nitrogens is 2. The first-order valence-electron chi connectivity index (χ1n) is 8.46. The molecule has 1 aliphatic heterocycles.